The summed E-state index contributed by atoms with van der Waals surface area (Å²) >= 11 is 0. The lowest BCUT2D eigenvalue weighted by molar-refractivity contribution is 0.597. The van der Waals surface area contributed by atoms with E-state index < -0.39 is 0 Å². The Hall–Kier alpha value is -2.50. The predicted molar refractivity (Wildman–Crippen MR) is 79.4 cm³/mol. The van der Waals surface area contributed by atoms with E-state index in [0.29, 0.717) is 12.3 Å². The molecule has 6 heteroatoms. The fraction of sp³-hybridized carbons (Fsp3) is 0.333. The Bertz CT molecular complexity index is 832. The zero-order valence-corrected chi connectivity index (χ0v) is 12.3. The van der Waals surface area contributed by atoms with Crippen LogP contribution in [0.3, 0.4) is 0 Å². The number of hydrogen-bond donors (Lipinski definition) is 0. The van der Waals surface area contributed by atoms with Crippen LogP contribution in [0, 0.1) is 6.92 Å². The molecule has 0 saturated carbocycles. The number of fused-ring (bicyclic) bond motifs is 1. The molecule has 0 aliphatic heterocycles. The molecule has 0 fully saturated rings. The molecule has 0 aliphatic carbocycles. The number of aromatic nitrogens is 5. The molecule has 6 nitrogen and oxygen atoms in total. The van der Waals surface area contributed by atoms with Crippen LogP contribution in [0.2, 0.25) is 0 Å². The highest BCUT2D eigenvalue weighted by Gasteiger charge is 2.13. The van der Waals surface area contributed by atoms with Gasteiger partial charge in [-0.3, -0.25) is 14.5 Å². The van der Waals surface area contributed by atoms with E-state index in [1.807, 2.05) is 37.6 Å². The molecule has 0 N–H and O–H groups in total. The Morgan fingerprint density at radius 1 is 1.29 bits per heavy atom. The largest absolute Gasteiger partial charge is 0.274 e. The fourth-order valence-corrected chi connectivity index (χ4v) is 2.27. The molecule has 0 amide bonds. The summed E-state index contributed by atoms with van der Waals surface area (Å²) in [5, 5.41) is 0. The van der Waals surface area contributed by atoms with Crippen LogP contribution in [0.1, 0.15) is 36.8 Å². The van der Waals surface area contributed by atoms with Gasteiger partial charge in [-0.25, -0.2) is 4.98 Å². The summed E-state index contributed by atoms with van der Waals surface area (Å²) in [4.78, 5) is 25.4. The first-order valence-electron chi connectivity index (χ1n) is 6.92. The lowest BCUT2D eigenvalue weighted by Crippen LogP contribution is -2.23. The number of hydrogen-bond acceptors (Lipinski definition) is 4. The van der Waals surface area contributed by atoms with E-state index in [0.717, 1.165) is 17.1 Å². The Kier molecular flexibility index (Phi) is 3.29. The van der Waals surface area contributed by atoms with Crippen molar-refractivity contribution in [3.05, 3.63) is 58.0 Å². The van der Waals surface area contributed by atoms with Crippen molar-refractivity contribution in [3.8, 4) is 0 Å². The zero-order chi connectivity index (χ0) is 15.0. The molecular formula is C15H17N5O. The highest BCUT2D eigenvalue weighted by molar-refractivity contribution is 5.30. The van der Waals surface area contributed by atoms with Crippen molar-refractivity contribution in [2.24, 2.45) is 0 Å². The molecule has 3 rings (SSSR count). The van der Waals surface area contributed by atoms with Crippen molar-refractivity contribution in [1.29, 1.82) is 0 Å². The molecule has 21 heavy (non-hydrogen) atoms. The Morgan fingerprint density at radius 2 is 2.10 bits per heavy atom. The van der Waals surface area contributed by atoms with Gasteiger partial charge >= 0.3 is 0 Å². The lowest BCUT2D eigenvalue weighted by atomic mass is 10.1. The molecular weight excluding hydrogens is 266 g/mol. The van der Waals surface area contributed by atoms with Gasteiger partial charge in [-0.05, 0) is 24.5 Å². The minimum absolute atomic E-state index is 0.104. The molecule has 3 aromatic rings. The van der Waals surface area contributed by atoms with Gasteiger partial charge in [0.1, 0.15) is 5.82 Å². The fourth-order valence-electron chi connectivity index (χ4n) is 2.27. The SMILES string of the molecule is Cc1nc2nc(C(C)C)cc(=O)n2n1Cc1cccnc1. The zero-order valence-electron chi connectivity index (χ0n) is 12.3. The minimum atomic E-state index is -0.104. The van der Waals surface area contributed by atoms with Crippen molar-refractivity contribution >= 4 is 5.78 Å². The van der Waals surface area contributed by atoms with Crippen molar-refractivity contribution < 1.29 is 0 Å². The molecule has 108 valence electrons. The standard InChI is InChI=1S/C15H17N5O/c1-10(2)13-7-14(21)20-15(18-13)17-11(3)19(20)9-12-5-4-6-16-8-12/h4-8,10H,9H2,1-3H3. The van der Waals surface area contributed by atoms with E-state index in [1.54, 1.807) is 18.5 Å². The topological polar surface area (TPSA) is 65.1 Å². The Labute approximate surface area is 122 Å². The molecule has 0 atom stereocenters. The maximum absolute atomic E-state index is 12.4. The van der Waals surface area contributed by atoms with Gasteiger partial charge < -0.3 is 0 Å². The summed E-state index contributed by atoms with van der Waals surface area (Å²) in [6.45, 7) is 6.44. The smallest absolute Gasteiger partial charge is 0.267 e. The normalized spacial score (nSPS) is 11.4. The van der Waals surface area contributed by atoms with Gasteiger partial charge in [0, 0.05) is 18.5 Å². The lowest BCUT2D eigenvalue weighted by Gasteiger charge is -2.08. The van der Waals surface area contributed by atoms with Crippen LogP contribution in [-0.4, -0.2) is 24.1 Å². The Balaban J connectivity index is 2.15. The number of rotatable bonds is 3. The first-order valence-corrected chi connectivity index (χ1v) is 6.92. The van der Waals surface area contributed by atoms with Gasteiger partial charge in [-0.1, -0.05) is 19.9 Å². The summed E-state index contributed by atoms with van der Waals surface area (Å²) in [6, 6.07) is 5.43. The second-order valence-electron chi connectivity index (χ2n) is 5.36. The third-order valence-corrected chi connectivity index (χ3v) is 3.42. The van der Waals surface area contributed by atoms with E-state index in [4.69, 9.17) is 0 Å². The molecule has 0 aromatic carbocycles. The number of nitrogens with zero attached hydrogens (tertiary/aromatic N) is 5. The predicted octanol–water partition coefficient (Wildman–Crippen LogP) is 1.77. The summed E-state index contributed by atoms with van der Waals surface area (Å²) in [5.74, 6) is 1.41. The minimum Gasteiger partial charge on any atom is -0.267 e. The van der Waals surface area contributed by atoms with Crippen LogP contribution in [0.5, 0.6) is 0 Å². The van der Waals surface area contributed by atoms with Crippen molar-refractivity contribution in [2.75, 3.05) is 0 Å². The van der Waals surface area contributed by atoms with Crippen LogP contribution < -0.4 is 5.56 Å². The molecule has 3 heterocycles. The van der Waals surface area contributed by atoms with Crippen molar-refractivity contribution in [1.82, 2.24) is 24.1 Å². The van der Waals surface area contributed by atoms with Crippen molar-refractivity contribution in [3.63, 3.8) is 0 Å². The summed E-state index contributed by atoms with van der Waals surface area (Å²) in [6.07, 6.45) is 3.51. The third kappa shape index (κ3) is 2.44. The molecule has 0 spiro atoms. The molecule has 3 aromatic heterocycles. The van der Waals surface area contributed by atoms with Crippen LogP contribution in [0.15, 0.2) is 35.4 Å². The summed E-state index contributed by atoms with van der Waals surface area (Å²) in [7, 11) is 0. The summed E-state index contributed by atoms with van der Waals surface area (Å²) in [5.41, 5.74) is 1.68. The number of aryl methyl sites for hydroxylation is 1. The van der Waals surface area contributed by atoms with Gasteiger partial charge in [0.15, 0.2) is 0 Å². The van der Waals surface area contributed by atoms with Crippen LogP contribution in [0.4, 0.5) is 0 Å². The van der Waals surface area contributed by atoms with Crippen LogP contribution >= 0.6 is 0 Å². The average Bonchev–Trinajstić information content (AvgIpc) is 2.76. The first-order chi connectivity index (χ1) is 10.1. The number of pyridine rings is 1. The average molecular weight is 283 g/mol. The van der Waals surface area contributed by atoms with Crippen molar-refractivity contribution in [2.45, 2.75) is 33.2 Å². The second kappa shape index (κ2) is 5.12. The van der Waals surface area contributed by atoms with Gasteiger partial charge in [-0.15, -0.1) is 0 Å². The molecule has 0 unspecified atom stereocenters. The Morgan fingerprint density at radius 3 is 2.76 bits per heavy atom. The van der Waals surface area contributed by atoms with Gasteiger partial charge in [0.05, 0.1) is 12.2 Å². The van der Waals surface area contributed by atoms with E-state index >= 15 is 0 Å². The van der Waals surface area contributed by atoms with E-state index in [9.17, 15) is 4.79 Å². The van der Waals surface area contributed by atoms with E-state index in [-0.39, 0.29) is 11.5 Å². The quantitative estimate of drug-likeness (QED) is 0.734. The first kappa shape index (κ1) is 13.5. The summed E-state index contributed by atoms with van der Waals surface area (Å²) < 4.78 is 3.35. The van der Waals surface area contributed by atoms with Crippen LogP contribution in [0.25, 0.3) is 5.78 Å². The molecule has 0 radical (unpaired) electrons. The highest BCUT2D eigenvalue weighted by Crippen LogP contribution is 2.11. The third-order valence-electron chi connectivity index (χ3n) is 3.42. The molecule has 0 bridgehead atoms. The van der Waals surface area contributed by atoms with Crippen LogP contribution in [-0.2, 0) is 6.54 Å². The molecule has 0 saturated heterocycles. The van der Waals surface area contributed by atoms with E-state index in [2.05, 4.69) is 15.0 Å². The monoisotopic (exact) mass is 283 g/mol. The maximum Gasteiger partial charge on any atom is 0.274 e. The van der Waals surface area contributed by atoms with Gasteiger partial charge in [-0.2, -0.15) is 9.50 Å². The second-order valence-corrected chi connectivity index (χ2v) is 5.36. The highest BCUT2D eigenvalue weighted by atomic mass is 16.1. The van der Waals surface area contributed by atoms with E-state index in [1.165, 1.54) is 4.52 Å². The van der Waals surface area contributed by atoms with Gasteiger partial charge in [0.2, 0.25) is 0 Å². The maximum atomic E-state index is 12.4. The molecule has 0 aliphatic rings. The van der Waals surface area contributed by atoms with Gasteiger partial charge in [0.25, 0.3) is 11.3 Å².